The van der Waals surface area contributed by atoms with Crippen LogP contribution in [-0.2, 0) is 4.74 Å². The van der Waals surface area contributed by atoms with Gasteiger partial charge in [0.25, 0.3) is 0 Å². The van der Waals surface area contributed by atoms with E-state index in [0.717, 1.165) is 0 Å². The van der Waals surface area contributed by atoms with Crippen LogP contribution in [0.25, 0.3) is 11.0 Å². The number of rotatable bonds is 2. The number of aromatic nitrogens is 2. The van der Waals surface area contributed by atoms with Crippen molar-refractivity contribution in [3.8, 4) is 0 Å². The zero-order chi connectivity index (χ0) is 12.4. The topological polar surface area (TPSA) is 67.0 Å². The Balaban J connectivity index is 2.33. The molecule has 0 aliphatic carbocycles. The fourth-order valence-corrected chi connectivity index (χ4v) is 1.53. The van der Waals surface area contributed by atoms with Crippen LogP contribution in [-0.4, -0.2) is 22.7 Å². The van der Waals surface area contributed by atoms with Crippen molar-refractivity contribution in [2.45, 2.75) is 13.8 Å². The average molecular weight is 237 g/mol. The van der Waals surface area contributed by atoms with Gasteiger partial charge in [0, 0.05) is 6.07 Å². The molecular weight excluding hydrogens is 225 g/mol. The summed E-state index contributed by atoms with van der Waals surface area (Å²) in [5.41, 5.74) is 1.24. The molecule has 1 heterocycles. The van der Waals surface area contributed by atoms with Crippen molar-refractivity contribution in [3.63, 3.8) is 0 Å². The molecule has 1 amide bonds. The van der Waals surface area contributed by atoms with Crippen LogP contribution in [0.1, 0.15) is 12.7 Å². The smallest absolute Gasteiger partial charge is 0.411 e. The van der Waals surface area contributed by atoms with Crippen LogP contribution in [0.15, 0.2) is 12.1 Å². The third-order valence-corrected chi connectivity index (χ3v) is 2.20. The molecule has 0 fully saturated rings. The van der Waals surface area contributed by atoms with E-state index in [1.54, 1.807) is 13.8 Å². The van der Waals surface area contributed by atoms with Gasteiger partial charge in [0.1, 0.15) is 11.6 Å². The molecular formula is C11H12FN3O2. The largest absolute Gasteiger partial charge is 0.450 e. The summed E-state index contributed by atoms with van der Waals surface area (Å²) >= 11 is 0. The number of ether oxygens (including phenoxy) is 1. The van der Waals surface area contributed by atoms with Gasteiger partial charge in [0.05, 0.1) is 23.3 Å². The van der Waals surface area contributed by atoms with Crippen molar-refractivity contribution in [1.29, 1.82) is 0 Å². The third-order valence-electron chi connectivity index (χ3n) is 2.20. The summed E-state index contributed by atoms with van der Waals surface area (Å²) in [4.78, 5) is 18.2. The van der Waals surface area contributed by atoms with E-state index < -0.39 is 11.9 Å². The number of aryl methyl sites for hydroxylation is 1. The number of fused-ring (bicyclic) bond motifs is 1. The van der Waals surface area contributed by atoms with Gasteiger partial charge in [-0.05, 0) is 19.9 Å². The van der Waals surface area contributed by atoms with Crippen molar-refractivity contribution >= 4 is 22.8 Å². The summed E-state index contributed by atoms with van der Waals surface area (Å²) in [6.07, 6.45) is -0.682. The van der Waals surface area contributed by atoms with Gasteiger partial charge in [-0.1, -0.05) is 0 Å². The van der Waals surface area contributed by atoms with Crippen molar-refractivity contribution in [3.05, 3.63) is 23.8 Å². The Hall–Kier alpha value is -2.11. The van der Waals surface area contributed by atoms with Gasteiger partial charge in [0.2, 0.25) is 0 Å². The van der Waals surface area contributed by atoms with E-state index >= 15 is 0 Å². The molecule has 2 N–H and O–H groups in total. The average Bonchev–Trinajstić information content (AvgIpc) is 2.58. The minimum atomic E-state index is -0.682. The van der Waals surface area contributed by atoms with Gasteiger partial charge in [-0.15, -0.1) is 0 Å². The minimum Gasteiger partial charge on any atom is -0.450 e. The number of hydrogen-bond donors (Lipinski definition) is 2. The number of hydrogen-bond acceptors (Lipinski definition) is 3. The normalized spacial score (nSPS) is 10.5. The number of aromatic amines is 1. The second-order valence-electron chi connectivity index (χ2n) is 3.52. The maximum atomic E-state index is 13.6. The lowest BCUT2D eigenvalue weighted by Gasteiger charge is -2.05. The second kappa shape index (κ2) is 4.40. The molecule has 2 rings (SSSR count). The standard InChI is InChI=1S/C11H12FN3O2/c1-3-17-11(16)15-8-5-10-9(4-7(8)12)13-6(2)14-10/h4-5H,3H2,1-2H3,(H,13,14)(H,15,16). The molecule has 0 atom stereocenters. The fraction of sp³-hybridized carbons (Fsp3) is 0.273. The Kier molecular flexibility index (Phi) is 2.95. The van der Waals surface area contributed by atoms with Crippen LogP contribution in [0.4, 0.5) is 14.9 Å². The fourth-order valence-electron chi connectivity index (χ4n) is 1.53. The first-order valence-corrected chi connectivity index (χ1v) is 5.19. The minimum absolute atomic E-state index is 0.0578. The molecule has 0 bridgehead atoms. The van der Waals surface area contributed by atoms with Crippen LogP contribution < -0.4 is 5.32 Å². The third kappa shape index (κ3) is 2.35. The molecule has 1 aromatic heterocycles. The molecule has 0 aliphatic rings. The van der Waals surface area contributed by atoms with E-state index in [-0.39, 0.29) is 12.3 Å². The van der Waals surface area contributed by atoms with E-state index in [9.17, 15) is 9.18 Å². The molecule has 2 aromatic rings. The van der Waals surface area contributed by atoms with Gasteiger partial charge in [-0.25, -0.2) is 14.2 Å². The van der Waals surface area contributed by atoms with Crippen molar-refractivity contribution in [1.82, 2.24) is 9.97 Å². The predicted octanol–water partition coefficient (Wildman–Crippen LogP) is 2.58. The number of imidazole rings is 1. The first kappa shape index (κ1) is 11.4. The number of amides is 1. The maximum absolute atomic E-state index is 13.6. The summed E-state index contributed by atoms with van der Waals surface area (Å²) in [5, 5.41) is 2.32. The van der Waals surface area contributed by atoms with Crippen molar-refractivity contribution < 1.29 is 13.9 Å². The number of nitrogens with zero attached hydrogens (tertiary/aromatic N) is 1. The molecule has 6 heteroatoms. The van der Waals surface area contributed by atoms with Crippen LogP contribution in [0.2, 0.25) is 0 Å². The summed E-state index contributed by atoms with van der Waals surface area (Å²) in [6.45, 7) is 3.68. The number of halogens is 1. The Bertz CT molecular complexity index is 565. The number of anilines is 1. The van der Waals surface area contributed by atoms with Gasteiger partial charge >= 0.3 is 6.09 Å². The summed E-state index contributed by atoms with van der Waals surface area (Å²) < 4.78 is 18.3. The highest BCUT2D eigenvalue weighted by molar-refractivity contribution is 5.89. The highest BCUT2D eigenvalue weighted by Crippen LogP contribution is 2.21. The Labute approximate surface area is 97.0 Å². The van der Waals surface area contributed by atoms with Gasteiger partial charge in [0.15, 0.2) is 0 Å². The van der Waals surface area contributed by atoms with E-state index in [2.05, 4.69) is 20.0 Å². The summed E-state index contributed by atoms with van der Waals surface area (Å²) in [6, 6.07) is 2.75. The molecule has 1 aromatic carbocycles. The predicted molar refractivity (Wildman–Crippen MR) is 61.4 cm³/mol. The van der Waals surface area contributed by atoms with Crippen molar-refractivity contribution in [2.75, 3.05) is 11.9 Å². The molecule has 0 aliphatic heterocycles. The van der Waals surface area contributed by atoms with Gasteiger partial charge in [-0.2, -0.15) is 0 Å². The second-order valence-corrected chi connectivity index (χ2v) is 3.52. The number of carbonyl (C=O) groups is 1. The highest BCUT2D eigenvalue weighted by atomic mass is 19.1. The van der Waals surface area contributed by atoms with E-state index in [1.165, 1.54) is 12.1 Å². The number of carbonyl (C=O) groups excluding carboxylic acids is 1. The van der Waals surface area contributed by atoms with Crippen LogP contribution in [0.3, 0.4) is 0 Å². The number of H-pyrrole nitrogens is 1. The van der Waals surface area contributed by atoms with Crippen molar-refractivity contribution in [2.24, 2.45) is 0 Å². The van der Waals surface area contributed by atoms with E-state index in [4.69, 9.17) is 0 Å². The van der Waals surface area contributed by atoms with E-state index in [0.29, 0.717) is 16.9 Å². The number of benzene rings is 1. The Morgan fingerprint density at radius 1 is 1.59 bits per heavy atom. The van der Waals surface area contributed by atoms with Crippen LogP contribution in [0, 0.1) is 12.7 Å². The van der Waals surface area contributed by atoms with Gasteiger partial charge in [-0.3, -0.25) is 5.32 Å². The first-order valence-electron chi connectivity index (χ1n) is 5.19. The number of nitrogens with one attached hydrogen (secondary N) is 2. The Morgan fingerprint density at radius 2 is 2.35 bits per heavy atom. The molecule has 17 heavy (non-hydrogen) atoms. The van der Waals surface area contributed by atoms with Gasteiger partial charge < -0.3 is 9.72 Å². The quantitative estimate of drug-likeness (QED) is 0.843. The Morgan fingerprint density at radius 3 is 3.06 bits per heavy atom. The van der Waals surface area contributed by atoms with Crippen LogP contribution in [0.5, 0.6) is 0 Å². The lowest BCUT2D eigenvalue weighted by atomic mass is 10.2. The molecule has 5 nitrogen and oxygen atoms in total. The maximum Gasteiger partial charge on any atom is 0.411 e. The molecule has 0 saturated heterocycles. The molecule has 0 unspecified atom stereocenters. The molecule has 90 valence electrons. The molecule has 0 saturated carbocycles. The summed E-state index contributed by atoms with van der Waals surface area (Å²) in [5.74, 6) is 0.155. The highest BCUT2D eigenvalue weighted by Gasteiger charge is 2.10. The monoisotopic (exact) mass is 237 g/mol. The summed E-state index contributed by atoms with van der Waals surface area (Å²) in [7, 11) is 0. The SMILES string of the molecule is CCOC(=O)Nc1cc2nc(C)[nH]c2cc1F. The lowest BCUT2D eigenvalue weighted by Crippen LogP contribution is -2.14. The zero-order valence-corrected chi connectivity index (χ0v) is 9.50. The van der Waals surface area contributed by atoms with Crippen LogP contribution >= 0.6 is 0 Å². The lowest BCUT2D eigenvalue weighted by molar-refractivity contribution is 0.168. The first-order chi connectivity index (χ1) is 8.10. The molecule has 0 spiro atoms. The zero-order valence-electron chi connectivity index (χ0n) is 9.50. The van der Waals surface area contributed by atoms with E-state index in [1.807, 2.05) is 0 Å². The molecule has 0 radical (unpaired) electrons.